The first kappa shape index (κ1) is 6.72. The quantitative estimate of drug-likeness (QED) is 0.593. The van der Waals surface area contributed by atoms with E-state index in [1.807, 2.05) is 6.07 Å². The zero-order chi connectivity index (χ0) is 7.40. The van der Waals surface area contributed by atoms with Crippen LogP contribution < -0.4 is 0 Å². The minimum absolute atomic E-state index is 0.588. The van der Waals surface area contributed by atoms with Gasteiger partial charge in [-0.05, 0) is 12.1 Å². The fourth-order valence-electron chi connectivity index (χ4n) is 0.692. The minimum Gasteiger partial charge on any atom is -0.316 e. The summed E-state index contributed by atoms with van der Waals surface area (Å²) >= 11 is 0. The Morgan fingerprint density at radius 3 is 2.40 bits per heavy atom. The summed E-state index contributed by atoms with van der Waals surface area (Å²) < 4.78 is 0. The lowest BCUT2D eigenvalue weighted by Crippen LogP contribution is -1.88. The molecule has 0 amide bonds. The number of nitrogens with zero attached hydrogens (tertiary/aromatic N) is 2. The van der Waals surface area contributed by atoms with Crippen molar-refractivity contribution in [3.8, 4) is 0 Å². The summed E-state index contributed by atoms with van der Waals surface area (Å²) in [7, 11) is 0. The predicted octanol–water partition coefficient (Wildman–Crippen LogP) is 1.53. The maximum absolute atomic E-state index is 8.91. The summed E-state index contributed by atoms with van der Waals surface area (Å²) in [5.74, 6) is 0. The summed E-state index contributed by atoms with van der Waals surface area (Å²) in [6.45, 7) is 0. The topological polar surface area (TPSA) is 48.4 Å². The molecule has 0 fully saturated rings. The van der Waals surface area contributed by atoms with Crippen molar-refractivity contribution in [2.45, 2.75) is 6.23 Å². The van der Waals surface area contributed by atoms with Gasteiger partial charge >= 0.3 is 6.23 Å². The lowest BCUT2D eigenvalue weighted by Gasteiger charge is -1.88. The molecule has 3 nitrogen and oxygen atoms in total. The van der Waals surface area contributed by atoms with Crippen LogP contribution in [0.3, 0.4) is 0 Å². The molecule has 50 valence electrons. The molecule has 0 spiro atoms. The number of aliphatic hydroxyl groups excluding tert-OH is 1. The van der Waals surface area contributed by atoms with Gasteiger partial charge in [-0.25, -0.2) is 0 Å². The highest BCUT2D eigenvalue weighted by atomic mass is 16.3. The molecule has 0 bridgehead atoms. The highest BCUT2D eigenvalue weighted by molar-refractivity contribution is 5.18. The van der Waals surface area contributed by atoms with E-state index in [0.29, 0.717) is 5.56 Å². The van der Waals surface area contributed by atoms with Gasteiger partial charge in [0.15, 0.2) is 4.98 Å². The van der Waals surface area contributed by atoms with Crippen LogP contribution in [0, 0.1) is 5.39 Å². The fourth-order valence-corrected chi connectivity index (χ4v) is 0.692. The normalized spacial score (nSPS) is 12.0. The van der Waals surface area contributed by atoms with E-state index in [-0.39, 0.29) is 0 Å². The van der Waals surface area contributed by atoms with Crippen LogP contribution in [0.25, 0.3) is 4.98 Å². The van der Waals surface area contributed by atoms with Crippen molar-refractivity contribution in [3.05, 3.63) is 40.9 Å². The summed E-state index contributed by atoms with van der Waals surface area (Å²) in [5.41, 5.74) is 0.588. The Kier molecular flexibility index (Phi) is 1.98. The Morgan fingerprint density at radius 1 is 1.30 bits per heavy atom. The Balaban J connectivity index is 2.88. The third-order valence-corrected chi connectivity index (χ3v) is 1.21. The molecule has 0 saturated carbocycles. The smallest absolute Gasteiger partial charge is 0.316 e. The van der Waals surface area contributed by atoms with Crippen molar-refractivity contribution >= 4 is 0 Å². The Labute approximate surface area is 58.6 Å². The standard InChI is InChI=1S/C7H7N2O/c8-9-7(10)6-4-2-1-3-5-6/h1-5,7,10H/q+1. The third-order valence-electron chi connectivity index (χ3n) is 1.21. The van der Waals surface area contributed by atoms with Gasteiger partial charge < -0.3 is 5.11 Å². The molecule has 1 aromatic carbocycles. The van der Waals surface area contributed by atoms with Crippen LogP contribution in [0.1, 0.15) is 11.8 Å². The number of benzene rings is 1. The van der Waals surface area contributed by atoms with E-state index in [2.05, 4.69) is 4.98 Å². The first-order valence-electron chi connectivity index (χ1n) is 2.92. The first-order chi connectivity index (χ1) is 4.84. The van der Waals surface area contributed by atoms with Crippen molar-refractivity contribution in [1.29, 1.82) is 5.39 Å². The highest BCUT2D eigenvalue weighted by Crippen LogP contribution is 2.11. The number of hydrogen-bond donors (Lipinski definition) is 1. The average molecular weight is 135 g/mol. The lowest BCUT2D eigenvalue weighted by atomic mass is 10.2. The summed E-state index contributed by atoms with van der Waals surface area (Å²) in [6, 6.07) is 8.73. The van der Waals surface area contributed by atoms with E-state index in [1.54, 1.807) is 24.3 Å². The van der Waals surface area contributed by atoms with Crippen molar-refractivity contribution in [3.63, 3.8) is 0 Å². The minimum atomic E-state index is -1.11. The van der Waals surface area contributed by atoms with Crippen LogP contribution >= 0.6 is 0 Å². The SMILES string of the molecule is N#[N+]C(O)c1ccccc1. The molecule has 3 heteroatoms. The van der Waals surface area contributed by atoms with Crippen LogP contribution in [0.2, 0.25) is 0 Å². The molecule has 0 saturated heterocycles. The van der Waals surface area contributed by atoms with E-state index < -0.39 is 6.23 Å². The van der Waals surface area contributed by atoms with Gasteiger partial charge in [0.2, 0.25) is 5.39 Å². The Morgan fingerprint density at radius 2 is 1.90 bits per heavy atom. The molecule has 1 N–H and O–H groups in total. The van der Waals surface area contributed by atoms with Crippen molar-refractivity contribution in [2.24, 2.45) is 0 Å². The highest BCUT2D eigenvalue weighted by Gasteiger charge is 2.15. The Hall–Kier alpha value is -1.40. The Bertz CT molecular complexity index is 240. The second kappa shape index (κ2) is 2.95. The average Bonchev–Trinajstić information content (AvgIpc) is 2.05. The van der Waals surface area contributed by atoms with Gasteiger partial charge in [-0.2, -0.15) is 0 Å². The molecule has 1 aromatic rings. The monoisotopic (exact) mass is 135 g/mol. The number of aliphatic hydroxyl groups is 1. The fraction of sp³-hybridized carbons (Fsp3) is 0.143. The summed E-state index contributed by atoms with van der Waals surface area (Å²) in [4.78, 5) is 2.71. The molecule has 1 rings (SSSR count). The van der Waals surface area contributed by atoms with Crippen LogP contribution in [0.15, 0.2) is 30.3 Å². The van der Waals surface area contributed by atoms with Gasteiger partial charge in [-0.3, -0.25) is 0 Å². The maximum atomic E-state index is 8.91. The van der Waals surface area contributed by atoms with Gasteiger partial charge in [-0.1, -0.05) is 18.2 Å². The molecule has 0 heterocycles. The molecule has 0 aromatic heterocycles. The van der Waals surface area contributed by atoms with Gasteiger partial charge in [0.25, 0.3) is 0 Å². The lowest BCUT2D eigenvalue weighted by molar-refractivity contribution is 0.223. The van der Waals surface area contributed by atoms with Gasteiger partial charge in [0, 0.05) is 0 Å². The molecule has 0 aliphatic rings. The van der Waals surface area contributed by atoms with Crippen LogP contribution in [-0.2, 0) is 0 Å². The molecule has 0 aliphatic carbocycles. The van der Waals surface area contributed by atoms with Crippen LogP contribution in [0.4, 0.5) is 0 Å². The molecule has 0 aliphatic heterocycles. The van der Waals surface area contributed by atoms with E-state index in [4.69, 9.17) is 10.5 Å². The molecule has 10 heavy (non-hydrogen) atoms. The largest absolute Gasteiger partial charge is 0.443 e. The zero-order valence-electron chi connectivity index (χ0n) is 5.31. The van der Waals surface area contributed by atoms with E-state index in [9.17, 15) is 0 Å². The van der Waals surface area contributed by atoms with Crippen molar-refractivity contribution in [2.75, 3.05) is 0 Å². The van der Waals surface area contributed by atoms with Gasteiger partial charge in [0.05, 0.1) is 5.56 Å². The molecular formula is C7H7N2O+. The zero-order valence-corrected chi connectivity index (χ0v) is 5.31. The molecule has 0 radical (unpaired) electrons. The first-order valence-corrected chi connectivity index (χ1v) is 2.92. The van der Waals surface area contributed by atoms with Gasteiger partial charge in [-0.15, -0.1) is 0 Å². The summed E-state index contributed by atoms with van der Waals surface area (Å²) in [5, 5.41) is 17.1. The summed E-state index contributed by atoms with van der Waals surface area (Å²) in [6.07, 6.45) is -1.11. The van der Waals surface area contributed by atoms with E-state index >= 15 is 0 Å². The second-order valence-electron chi connectivity index (χ2n) is 1.90. The van der Waals surface area contributed by atoms with E-state index in [0.717, 1.165) is 0 Å². The molecule has 1 unspecified atom stereocenters. The van der Waals surface area contributed by atoms with Gasteiger partial charge in [0.1, 0.15) is 0 Å². The molecule has 1 atom stereocenters. The maximum Gasteiger partial charge on any atom is 0.443 e. The predicted molar refractivity (Wildman–Crippen MR) is 36.5 cm³/mol. The third kappa shape index (κ3) is 1.30. The van der Waals surface area contributed by atoms with E-state index in [1.165, 1.54) is 0 Å². The number of rotatable bonds is 1. The number of hydrogen-bond acceptors (Lipinski definition) is 2. The second-order valence-corrected chi connectivity index (χ2v) is 1.90. The van der Waals surface area contributed by atoms with Crippen molar-refractivity contribution < 1.29 is 5.11 Å². The number of diazo groups is 1. The van der Waals surface area contributed by atoms with Crippen LogP contribution in [0.5, 0.6) is 0 Å². The van der Waals surface area contributed by atoms with Crippen LogP contribution in [-0.4, -0.2) is 5.11 Å². The van der Waals surface area contributed by atoms with Crippen molar-refractivity contribution in [1.82, 2.24) is 0 Å². The molecular weight excluding hydrogens is 128 g/mol.